The number of hydrogen-bond donors (Lipinski definition) is 0. The fourth-order valence-electron chi connectivity index (χ4n) is 4.34. The summed E-state index contributed by atoms with van der Waals surface area (Å²) in [5, 5.41) is 0. The van der Waals surface area contributed by atoms with Gasteiger partial charge in [0.1, 0.15) is 0 Å². The molecule has 0 spiro atoms. The summed E-state index contributed by atoms with van der Waals surface area (Å²) in [6.45, 7) is 1.72. The van der Waals surface area contributed by atoms with E-state index in [-0.39, 0.29) is 23.7 Å². The second-order valence-corrected chi connectivity index (χ2v) is 7.08. The minimum atomic E-state index is -0.0634. The second kappa shape index (κ2) is 6.67. The SMILES string of the molecule is Cn1c(=O)n(CCC(=O)N2CCO[C@H]3CCCC[C@H]32)c2ccccc21. The van der Waals surface area contributed by atoms with Gasteiger partial charge in [-0.15, -0.1) is 0 Å². The van der Waals surface area contributed by atoms with Gasteiger partial charge in [0.15, 0.2) is 0 Å². The highest BCUT2D eigenvalue weighted by Gasteiger charge is 2.36. The van der Waals surface area contributed by atoms with Crippen molar-refractivity contribution in [1.29, 1.82) is 0 Å². The van der Waals surface area contributed by atoms with Crippen LogP contribution in [0.25, 0.3) is 11.0 Å². The first-order valence-electron chi connectivity index (χ1n) is 9.22. The third kappa shape index (κ3) is 2.88. The number of nitrogens with zero attached hydrogens (tertiary/aromatic N) is 3. The molecule has 1 amide bonds. The van der Waals surface area contributed by atoms with E-state index in [9.17, 15) is 9.59 Å². The van der Waals surface area contributed by atoms with E-state index < -0.39 is 0 Å². The van der Waals surface area contributed by atoms with E-state index in [1.54, 1.807) is 16.2 Å². The number of morpholine rings is 1. The van der Waals surface area contributed by atoms with E-state index in [4.69, 9.17) is 4.74 Å². The first kappa shape index (κ1) is 16.4. The van der Waals surface area contributed by atoms with Crippen LogP contribution in [-0.4, -0.2) is 45.2 Å². The number of ether oxygens (including phenoxy) is 1. The smallest absolute Gasteiger partial charge is 0.328 e. The fraction of sp³-hybridized carbons (Fsp3) is 0.579. The van der Waals surface area contributed by atoms with Gasteiger partial charge in [-0.1, -0.05) is 25.0 Å². The van der Waals surface area contributed by atoms with Gasteiger partial charge in [-0.3, -0.25) is 13.9 Å². The Labute approximate surface area is 147 Å². The van der Waals surface area contributed by atoms with Gasteiger partial charge in [0, 0.05) is 26.6 Å². The molecule has 1 aliphatic heterocycles. The van der Waals surface area contributed by atoms with Crippen LogP contribution in [0.1, 0.15) is 32.1 Å². The number of fused-ring (bicyclic) bond motifs is 2. The maximum Gasteiger partial charge on any atom is 0.328 e. The van der Waals surface area contributed by atoms with Crippen LogP contribution in [0.3, 0.4) is 0 Å². The Morgan fingerprint density at radius 1 is 1.20 bits per heavy atom. The molecular weight excluding hydrogens is 318 g/mol. The number of hydrogen-bond acceptors (Lipinski definition) is 3. The summed E-state index contributed by atoms with van der Waals surface area (Å²) in [6.07, 6.45) is 5.00. The highest BCUT2D eigenvalue weighted by molar-refractivity contribution is 5.78. The largest absolute Gasteiger partial charge is 0.374 e. The number of para-hydroxylation sites is 2. The zero-order valence-electron chi connectivity index (χ0n) is 14.7. The van der Waals surface area contributed by atoms with E-state index in [1.165, 1.54) is 6.42 Å². The Kier molecular flexibility index (Phi) is 4.37. The zero-order valence-corrected chi connectivity index (χ0v) is 14.7. The Morgan fingerprint density at radius 2 is 1.96 bits per heavy atom. The molecule has 0 radical (unpaired) electrons. The minimum absolute atomic E-state index is 0.0634. The summed E-state index contributed by atoms with van der Waals surface area (Å²) in [4.78, 5) is 27.3. The van der Waals surface area contributed by atoms with Crippen molar-refractivity contribution in [2.75, 3.05) is 13.2 Å². The van der Waals surface area contributed by atoms with Crippen molar-refractivity contribution >= 4 is 16.9 Å². The van der Waals surface area contributed by atoms with E-state index >= 15 is 0 Å². The van der Waals surface area contributed by atoms with Crippen LogP contribution >= 0.6 is 0 Å². The molecule has 2 atom stereocenters. The topological polar surface area (TPSA) is 56.5 Å². The lowest BCUT2D eigenvalue weighted by molar-refractivity contribution is -0.149. The van der Waals surface area contributed by atoms with Crippen LogP contribution < -0.4 is 5.69 Å². The van der Waals surface area contributed by atoms with Gasteiger partial charge in [-0.05, 0) is 25.0 Å². The number of benzene rings is 1. The molecule has 6 heteroatoms. The average Bonchev–Trinajstić information content (AvgIpc) is 2.90. The van der Waals surface area contributed by atoms with Crippen LogP contribution in [0.4, 0.5) is 0 Å². The number of aromatic nitrogens is 2. The van der Waals surface area contributed by atoms with Gasteiger partial charge >= 0.3 is 5.69 Å². The molecule has 6 nitrogen and oxygen atoms in total. The molecule has 0 unspecified atom stereocenters. The second-order valence-electron chi connectivity index (χ2n) is 7.08. The molecule has 2 heterocycles. The van der Waals surface area contributed by atoms with Gasteiger partial charge in [0.25, 0.3) is 0 Å². The number of rotatable bonds is 3. The van der Waals surface area contributed by atoms with Crippen molar-refractivity contribution in [3.05, 3.63) is 34.7 Å². The molecule has 1 saturated heterocycles. The predicted octanol–water partition coefficient (Wildman–Crippen LogP) is 1.90. The Balaban J connectivity index is 1.51. The lowest BCUT2D eigenvalue weighted by Crippen LogP contribution is -2.55. The molecule has 134 valence electrons. The summed E-state index contributed by atoms with van der Waals surface area (Å²) in [5.74, 6) is 0.139. The first-order valence-corrected chi connectivity index (χ1v) is 9.22. The molecule has 0 N–H and O–H groups in total. The highest BCUT2D eigenvalue weighted by atomic mass is 16.5. The third-order valence-corrected chi connectivity index (χ3v) is 5.65. The summed E-state index contributed by atoms with van der Waals surface area (Å²) in [6, 6.07) is 7.94. The van der Waals surface area contributed by atoms with Crippen molar-refractivity contribution < 1.29 is 9.53 Å². The maximum atomic E-state index is 12.8. The van der Waals surface area contributed by atoms with Crippen molar-refractivity contribution in [3.8, 4) is 0 Å². The third-order valence-electron chi connectivity index (χ3n) is 5.65. The first-order chi connectivity index (χ1) is 12.2. The highest BCUT2D eigenvalue weighted by Crippen LogP contribution is 2.28. The Hall–Kier alpha value is -2.08. The standard InChI is InChI=1S/C19H25N3O3/c1-20-14-6-2-3-7-15(14)22(19(20)24)11-10-18(23)21-12-13-25-17-9-5-4-8-16(17)21/h2-3,6-7,16-17H,4-5,8-13H2,1H3/t16-,17+/m1/s1. The molecule has 1 saturated carbocycles. The summed E-state index contributed by atoms with van der Waals surface area (Å²) in [5.41, 5.74) is 1.73. The lowest BCUT2D eigenvalue weighted by Gasteiger charge is -2.43. The van der Waals surface area contributed by atoms with E-state index in [1.807, 2.05) is 29.2 Å². The molecule has 4 rings (SSSR count). The fourth-order valence-corrected chi connectivity index (χ4v) is 4.34. The summed E-state index contributed by atoms with van der Waals surface area (Å²) in [7, 11) is 1.78. The average molecular weight is 343 g/mol. The Bertz CT molecular complexity index is 836. The number of carbonyl (C=O) groups excluding carboxylic acids is 1. The molecule has 1 aliphatic carbocycles. The van der Waals surface area contributed by atoms with Crippen LogP contribution in [0.5, 0.6) is 0 Å². The van der Waals surface area contributed by atoms with Gasteiger partial charge < -0.3 is 9.64 Å². The monoisotopic (exact) mass is 343 g/mol. The van der Waals surface area contributed by atoms with Crippen molar-refractivity contribution in [2.24, 2.45) is 7.05 Å². The predicted molar refractivity (Wildman–Crippen MR) is 95.5 cm³/mol. The molecule has 25 heavy (non-hydrogen) atoms. The van der Waals surface area contributed by atoms with Crippen molar-refractivity contribution in [1.82, 2.24) is 14.0 Å². The Morgan fingerprint density at radius 3 is 2.80 bits per heavy atom. The number of imidazole rings is 1. The molecule has 1 aromatic heterocycles. The quantitative estimate of drug-likeness (QED) is 0.855. The van der Waals surface area contributed by atoms with E-state index in [0.717, 1.165) is 30.3 Å². The van der Waals surface area contributed by atoms with Crippen LogP contribution in [0.2, 0.25) is 0 Å². The maximum absolute atomic E-state index is 12.8. The molecule has 0 bridgehead atoms. The normalized spacial score (nSPS) is 23.6. The summed E-state index contributed by atoms with van der Waals surface area (Å²) >= 11 is 0. The van der Waals surface area contributed by atoms with Gasteiger partial charge in [0.2, 0.25) is 5.91 Å². The van der Waals surface area contributed by atoms with Crippen molar-refractivity contribution in [3.63, 3.8) is 0 Å². The van der Waals surface area contributed by atoms with E-state index in [0.29, 0.717) is 26.1 Å². The van der Waals surface area contributed by atoms with Crippen molar-refractivity contribution in [2.45, 2.75) is 50.8 Å². The number of amides is 1. The van der Waals surface area contributed by atoms with Crippen LogP contribution in [-0.2, 0) is 23.1 Å². The molecular formula is C19H25N3O3. The number of aryl methyl sites for hydroxylation is 2. The number of carbonyl (C=O) groups is 1. The van der Waals surface area contributed by atoms with Gasteiger partial charge in [-0.25, -0.2) is 4.79 Å². The van der Waals surface area contributed by atoms with Crippen LogP contribution in [0, 0.1) is 0 Å². The zero-order chi connectivity index (χ0) is 17.4. The molecule has 2 aromatic rings. The molecule has 1 aromatic carbocycles. The van der Waals surface area contributed by atoms with Crippen LogP contribution in [0.15, 0.2) is 29.1 Å². The minimum Gasteiger partial charge on any atom is -0.374 e. The molecule has 2 fully saturated rings. The lowest BCUT2D eigenvalue weighted by atomic mass is 9.90. The molecule has 2 aliphatic rings. The van der Waals surface area contributed by atoms with E-state index in [2.05, 4.69) is 0 Å². The summed E-state index contributed by atoms with van der Waals surface area (Å²) < 4.78 is 9.21. The van der Waals surface area contributed by atoms with Gasteiger partial charge in [0.05, 0.1) is 29.8 Å². The van der Waals surface area contributed by atoms with Gasteiger partial charge in [-0.2, -0.15) is 0 Å².